The molecule has 2 aromatic rings. The number of carbonyl (C=O) groups excluding carboxylic acids is 2. The number of amides is 2. The van der Waals surface area contributed by atoms with Crippen molar-refractivity contribution in [1.82, 2.24) is 14.5 Å². The minimum absolute atomic E-state index is 0.0732. The molecule has 2 fully saturated rings. The average Bonchev–Trinajstić information content (AvgIpc) is 3.33. The van der Waals surface area contributed by atoms with Gasteiger partial charge in [0, 0.05) is 32.1 Å². The number of hydrogen-bond donors (Lipinski definition) is 2. The lowest BCUT2D eigenvalue weighted by molar-refractivity contribution is -0.136. The summed E-state index contributed by atoms with van der Waals surface area (Å²) in [4.78, 5) is 44.8. The van der Waals surface area contributed by atoms with Crippen LogP contribution in [0, 0.1) is 0 Å². The summed E-state index contributed by atoms with van der Waals surface area (Å²) in [6.45, 7) is 3.93. The van der Waals surface area contributed by atoms with Crippen LogP contribution in [0.4, 0.5) is 10.6 Å². The molecule has 2 aliphatic rings. The average molecular weight is 498 g/mol. The van der Waals surface area contributed by atoms with Crippen molar-refractivity contribution in [3.8, 4) is 0 Å². The molecule has 36 heavy (non-hydrogen) atoms. The van der Waals surface area contributed by atoms with E-state index in [-0.39, 0.29) is 36.6 Å². The number of ether oxygens (including phenoxy) is 1. The van der Waals surface area contributed by atoms with Crippen LogP contribution in [-0.4, -0.2) is 69.4 Å². The second-order valence-corrected chi connectivity index (χ2v) is 9.95. The quantitative estimate of drug-likeness (QED) is 0.569. The third-order valence-electron chi connectivity index (χ3n) is 7.32. The molecule has 3 heterocycles. The molecule has 1 unspecified atom stereocenters. The highest BCUT2D eigenvalue weighted by atomic mass is 16.5. The number of anilines is 1. The summed E-state index contributed by atoms with van der Waals surface area (Å²) < 4.78 is 6.36. The SMILES string of the molecule is C[C@H](CC(=O)N1CCC(O)(Cn2cnc(N3CCCC3COC(N)=O)cc2=O)CC1)c1ccccc1. The van der Waals surface area contributed by atoms with Crippen molar-refractivity contribution >= 4 is 17.8 Å². The number of primary amides is 1. The summed E-state index contributed by atoms with van der Waals surface area (Å²) >= 11 is 0. The molecule has 2 atom stereocenters. The molecule has 3 N–H and O–H groups in total. The van der Waals surface area contributed by atoms with Gasteiger partial charge in [-0.2, -0.15) is 0 Å². The van der Waals surface area contributed by atoms with E-state index in [1.807, 2.05) is 42.2 Å². The monoisotopic (exact) mass is 497 g/mol. The van der Waals surface area contributed by atoms with Gasteiger partial charge in [0.25, 0.3) is 5.56 Å². The molecule has 10 nitrogen and oxygen atoms in total. The van der Waals surface area contributed by atoms with Gasteiger partial charge in [-0.3, -0.25) is 14.2 Å². The molecule has 4 rings (SSSR count). The number of nitrogens with zero attached hydrogens (tertiary/aromatic N) is 4. The zero-order valence-electron chi connectivity index (χ0n) is 20.7. The second kappa shape index (κ2) is 11.1. The van der Waals surface area contributed by atoms with Gasteiger partial charge in [-0.25, -0.2) is 9.78 Å². The van der Waals surface area contributed by atoms with Crippen LogP contribution < -0.4 is 16.2 Å². The number of piperidine rings is 1. The zero-order valence-corrected chi connectivity index (χ0v) is 20.7. The highest BCUT2D eigenvalue weighted by Crippen LogP contribution is 2.27. The molecule has 1 aromatic carbocycles. The van der Waals surface area contributed by atoms with Gasteiger partial charge in [0.1, 0.15) is 12.4 Å². The summed E-state index contributed by atoms with van der Waals surface area (Å²) in [7, 11) is 0. The van der Waals surface area contributed by atoms with E-state index >= 15 is 0 Å². The van der Waals surface area contributed by atoms with Crippen LogP contribution in [0.1, 0.15) is 50.5 Å². The van der Waals surface area contributed by atoms with E-state index in [1.54, 1.807) is 4.90 Å². The molecule has 0 spiro atoms. The Kier molecular flexibility index (Phi) is 7.93. The molecule has 194 valence electrons. The van der Waals surface area contributed by atoms with Crippen molar-refractivity contribution in [3.63, 3.8) is 0 Å². The molecule has 0 bridgehead atoms. The van der Waals surface area contributed by atoms with E-state index in [0.29, 0.717) is 44.7 Å². The Morgan fingerprint density at radius 3 is 2.61 bits per heavy atom. The number of nitrogens with two attached hydrogens (primary N) is 1. The smallest absolute Gasteiger partial charge is 0.404 e. The minimum atomic E-state index is -1.08. The summed E-state index contributed by atoms with van der Waals surface area (Å²) in [5.74, 6) is 0.726. The summed E-state index contributed by atoms with van der Waals surface area (Å²) in [6.07, 6.45) is 3.57. The van der Waals surface area contributed by atoms with Crippen molar-refractivity contribution in [2.45, 2.75) is 63.1 Å². The number of benzene rings is 1. The van der Waals surface area contributed by atoms with Gasteiger partial charge in [0.2, 0.25) is 5.91 Å². The van der Waals surface area contributed by atoms with Gasteiger partial charge in [-0.1, -0.05) is 37.3 Å². The van der Waals surface area contributed by atoms with Gasteiger partial charge in [-0.05, 0) is 37.2 Å². The van der Waals surface area contributed by atoms with Crippen LogP contribution in [0.2, 0.25) is 0 Å². The topological polar surface area (TPSA) is 131 Å². The highest BCUT2D eigenvalue weighted by Gasteiger charge is 2.35. The molecule has 2 aliphatic heterocycles. The first-order chi connectivity index (χ1) is 17.2. The molecule has 2 amide bonds. The molecule has 0 radical (unpaired) electrons. The first kappa shape index (κ1) is 25.7. The first-order valence-electron chi connectivity index (χ1n) is 12.5. The van der Waals surface area contributed by atoms with Gasteiger partial charge in [0.05, 0.1) is 24.5 Å². The molecule has 0 saturated carbocycles. The Labute approximate surface area is 210 Å². The van der Waals surface area contributed by atoms with Crippen LogP contribution in [0.15, 0.2) is 47.5 Å². The number of aromatic nitrogens is 2. The van der Waals surface area contributed by atoms with E-state index in [9.17, 15) is 19.5 Å². The van der Waals surface area contributed by atoms with Gasteiger partial charge >= 0.3 is 6.09 Å². The lowest BCUT2D eigenvalue weighted by atomic mass is 9.90. The molecular weight excluding hydrogens is 462 g/mol. The van der Waals surface area contributed by atoms with Crippen molar-refractivity contribution in [2.75, 3.05) is 31.1 Å². The Balaban J connectivity index is 1.32. The molecule has 2 saturated heterocycles. The molecule has 10 heteroatoms. The number of hydrogen-bond acceptors (Lipinski definition) is 7. The lowest BCUT2D eigenvalue weighted by Gasteiger charge is -2.38. The second-order valence-electron chi connectivity index (χ2n) is 9.95. The normalized spacial score (nSPS) is 20.2. The van der Waals surface area contributed by atoms with Crippen LogP contribution in [-0.2, 0) is 16.1 Å². The number of rotatable bonds is 8. The number of carbonyl (C=O) groups is 2. The Morgan fingerprint density at radius 2 is 1.94 bits per heavy atom. The lowest BCUT2D eigenvalue weighted by Crippen LogP contribution is -2.49. The van der Waals surface area contributed by atoms with E-state index in [0.717, 1.165) is 18.4 Å². The maximum Gasteiger partial charge on any atom is 0.404 e. The van der Waals surface area contributed by atoms with Crippen LogP contribution >= 0.6 is 0 Å². The standard InChI is InChI=1S/C26H35N5O5/c1-19(20-6-3-2-4-7-20)14-23(32)29-12-9-26(35,10-13-29)17-30-18-28-22(15-24(30)33)31-11-5-8-21(31)16-36-25(27)34/h2-4,6-7,15,18-19,21,35H,5,8-14,16-17H2,1H3,(H2,27,34)/t19-,21?/m1/s1. The molecule has 0 aliphatic carbocycles. The maximum absolute atomic E-state index is 12.8. The number of likely N-dealkylation sites (tertiary alicyclic amines) is 1. The predicted octanol–water partition coefficient (Wildman–Crippen LogP) is 1.85. The third kappa shape index (κ3) is 6.23. The van der Waals surface area contributed by atoms with E-state index < -0.39 is 11.7 Å². The van der Waals surface area contributed by atoms with Crippen LogP contribution in [0.25, 0.3) is 0 Å². The maximum atomic E-state index is 12.8. The fourth-order valence-corrected chi connectivity index (χ4v) is 5.12. The fourth-order valence-electron chi connectivity index (χ4n) is 5.12. The van der Waals surface area contributed by atoms with Crippen molar-refractivity contribution in [2.24, 2.45) is 5.73 Å². The first-order valence-corrected chi connectivity index (χ1v) is 12.5. The molecule has 1 aromatic heterocycles. The van der Waals surface area contributed by atoms with Crippen molar-refractivity contribution in [1.29, 1.82) is 0 Å². The van der Waals surface area contributed by atoms with Crippen molar-refractivity contribution < 1.29 is 19.4 Å². The highest BCUT2D eigenvalue weighted by molar-refractivity contribution is 5.77. The number of aliphatic hydroxyl groups is 1. The van der Waals surface area contributed by atoms with E-state index in [2.05, 4.69) is 4.98 Å². The van der Waals surface area contributed by atoms with Gasteiger partial charge in [-0.15, -0.1) is 0 Å². The van der Waals surface area contributed by atoms with E-state index in [1.165, 1.54) is 17.0 Å². The van der Waals surface area contributed by atoms with Crippen molar-refractivity contribution in [3.05, 3.63) is 58.6 Å². The summed E-state index contributed by atoms with van der Waals surface area (Å²) in [5, 5.41) is 11.2. The van der Waals surface area contributed by atoms with Crippen LogP contribution in [0.3, 0.4) is 0 Å². The minimum Gasteiger partial charge on any atom is -0.448 e. The largest absolute Gasteiger partial charge is 0.448 e. The zero-order chi connectivity index (χ0) is 25.7. The van der Waals surface area contributed by atoms with Crippen LogP contribution in [0.5, 0.6) is 0 Å². The summed E-state index contributed by atoms with van der Waals surface area (Å²) in [5.41, 5.74) is 4.87. The van der Waals surface area contributed by atoms with Gasteiger partial charge in [0.15, 0.2) is 0 Å². The van der Waals surface area contributed by atoms with Gasteiger partial charge < -0.3 is 25.4 Å². The van der Waals surface area contributed by atoms with E-state index in [4.69, 9.17) is 10.5 Å². The Hall–Kier alpha value is -3.40. The summed E-state index contributed by atoms with van der Waals surface area (Å²) in [6, 6.07) is 11.4. The Bertz CT molecular complexity index is 1110. The fraction of sp³-hybridized carbons (Fsp3) is 0.538. The molecular formula is C26H35N5O5. The predicted molar refractivity (Wildman–Crippen MR) is 135 cm³/mol. The Morgan fingerprint density at radius 1 is 1.22 bits per heavy atom. The third-order valence-corrected chi connectivity index (χ3v) is 7.32.